The molecule has 0 atom stereocenters. The molecule has 0 amide bonds. The highest BCUT2D eigenvalue weighted by Gasteiger charge is 1.88. The molecule has 2 heteroatoms. The predicted octanol–water partition coefficient (Wildman–Crippen LogP) is 0.232. The van der Waals surface area contributed by atoms with E-state index in [-0.39, 0.29) is 9.76 Å². The van der Waals surface area contributed by atoms with Gasteiger partial charge in [-0.1, -0.05) is 29.8 Å². The Morgan fingerprint density at radius 1 is 1.22 bits per heavy atom. The predicted molar refractivity (Wildman–Crippen MR) is 38.8 cm³/mol. The lowest BCUT2D eigenvalue weighted by Crippen LogP contribution is -2.11. The molecule has 0 saturated carbocycles. The molecule has 0 aliphatic rings. The molecule has 1 N–H and O–H groups in total. The van der Waals surface area contributed by atoms with E-state index in [1.54, 1.807) is 0 Å². The standard InChI is InChI=1S/C7H8OSi/c1-6-2-4-7(9-8)5-3-6/h2-5,8H,1H3. The highest BCUT2D eigenvalue weighted by Crippen LogP contribution is 1.90. The second kappa shape index (κ2) is 2.80. The van der Waals surface area contributed by atoms with Crippen molar-refractivity contribution in [2.24, 2.45) is 0 Å². The highest BCUT2D eigenvalue weighted by atomic mass is 28.2. The maximum Gasteiger partial charge on any atom is 0.265 e. The molecule has 0 heterocycles. The Morgan fingerprint density at radius 2 is 1.78 bits per heavy atom. The molecule has 1 aromatic rings. The Hall–Kier alpha value is -0.603. The third kappa shape index (κ3) is 1.66. The van der Waals surface area contributed by atoms with E-state index in [0.29, 0.717) is 0 Å². The highest BCUT2D eigenvalue weighted by molar-refractivity contribution is 6.45. The van der Waals surface area contributed by atoms with Crippen molar-refractivity contribution in [1.82, 2.24) is 0 Å². The molecular weight excluding hydrogens is 128 g/mol. The Balaban J connectivity index is 2.88. The van der Waals surface area contributed by atoms with Crippen LogP contribution in [-0.2, 0) is 0 Å². The molecule has 1 aromatic carbocycles. The summed E-state index contributed by atoms with van der Waals surface area (Å²) >= 11 is 0. The number of aryl methyl sites for hydroxylation is 1. The smallest absolute Gasteiger partial charge is 0.265 e. The van der Waals surface area contributed by atoms with Crippen LogP contribution in [0.15, 0.2) is 24.3 Å². The molecule has 0 fully saturated rings. The molecular formula is C7H8OSi. The lowest BCUT2D eigenvalue weighted by molar-refractivity contribution is 0.615. The molecule has 0 spiro atoms. The van der Waals surface area contributed by atoms with E-state index >= 15 is 0 Å². The Labute approximate surface area is 57.3 Å². The zero-order valence-corrected chi connectivity index (χ0v) is 6.26. The van der Waals surface area contributed by atoms with E-state index in [1.807, 2.05) is 31.2 Å². The summed E-state index contributed by atoms with van der Waals surface area (Å²) in [4.78, 5) is 8.66. The monoisotopic (exact) mass is 136 g/mol. The van der Waals surface area contributed by atoms with E-state index in [2.05, 4.69) is 0 Å². The summed E-state index contributed by atoms with van der Waals surface area (Å²) in [7, 11) is -0.0736. The average Bonchev–Trinajstić information content (AvgIpc) is 1.90. The van der Waals surface area contributed by atoms with E-state index < -0.39 is 0 Å². The normalized spacial score (nSPS) is 9.56. The Morgan fingerprint density at radius 3 is 2.22 bits per heavy atom. The average molecular weight is 136 g/mol. The quantitative estimate of drug-likeness (QED) is 0.548. The van der Waals surface area contributed by atoms with Gasteiger partial charge in [-0.25, -0.2) is 0 Å². The van der Waals surface area contributed by atoms with E-state index in [0.717, 1.165) is 5.19 Å². The molecule has 0 unspecified atom stereocenters. The third-order valence-corrected chi connectivity index (χ3v) is 1.77. The van der Waals surface area contributed by atoms with E-state index in [9.17, 15) is 0 Å². The Kier molecular flexibility index (Phi) is 2.03. The minimum Gasteiger partial charge on any atom is -0.428 e. The Bertz CT molecular complexity index is 181. The second-order valence-electron chi connectivity index (χ2n) is 1.98. The largest absolute Gasteiger partial charge is 0.428 e. The first-order chi connectivity index (χ1) is 4.33. The fourth-order valence-corrected chi connectivity index (χ4v) is 0.944. The van der Waals surface area contributed by atoms with Crippen LogP contribution in [0.25, 0.3) is 0 Å². The van der Waals surface area contributed by atoms with Crippen molar-refractivity contribution < 1.29 is 4.80 Å². The topological polar surface area (TPSA) is 20.2 Å². The molecule has 2 radical (unpaired) electrons. The zero-order valence-electron chi connectivity index (χ0n) is 5.26. The van der Waals surface area contributed by atoms with Crippen LogP contribution in [0.3, 0.4) is 0 Å². The van der Waals surface area contributed by atoms with E-state index in [1.165, 1.54) is 5.56 Å². The first-order valence-corrected chi connectivity index (χ1v) is 3.74. The van der Waals surface area contributed by atoms with Crippen LogP contribution in [0.1, 0.15) is 5.56 Å². The SMILES string of the molecule is Cc1ccc([Si]O)cc1. The van der Waals surface area contributed by atoms with Gasteiger partial charge in [-0.2, -0.15) is 0 Å². The van der Waals surface area contributed by atoms with Gasteiger partial charge in [0.2, 0.25) is 0 Å². The van der Waals surface area contributed by atoms with Crippen molar-refractivity contribution in [3.63, 3.8) is 0 Å². The summed E-state index contributed by atoms with van der Waals surface area (Å²) in [5.41, 5.74) is 1.23. The molecule has 0 bridgehead atoms. The molecule has 1 nitrogen and oxygen atoms in total. The number of benzene rings is 1. The van der Waals surface area contributed by atoms with Gasteiger partial charge in [-0.3, -0.25) is 0 Å². The van der Waals surface area contributed by atoms with Gasteiger partial charge in [0.05, 0.1) is 0 Å². The summed E-state index contributed by atoms with van der Waals surface area (Å²) in [6, 6.07) is 7.87. The van der Waals surface area contributed by atoms with Crippen LogP contribution in [0.2, 0.25) is 0 Å². The van der Waals surface area contributed by atoms with Crippen molar-refractivity contribution in [2.75, 3.05) is 0 Å². The minimum absolute atomic E-state index is 0.0736. The van der Waals surface area contributed by atoms with Gasteiger partial charge in [0.25, 0.3) is 9.76 Å². The van der Waals surface area contributed by atoms with Crippen LogP contribution in [0.5, 0.6) is 0 Å². The summed E-state index contributed by atoms with van der Waals surface area (Å²) in [6.07, 6.45) is 0. The van der Waals surface area contributed by atoms with Crippen molar-refractivity contribution in [1.29, 1.82) is 0 Å². The van der Waals surface area contributed by atoms with Gasteiger partial charge in [0.1, 0.15) is 0 Å². The molecule has 0 aliphatic heterocycles. The number of hydrogen-bond acceptors (Lipinski definition) is 1. The molecule has 1 rings (SSSR count). The van der Waals surface area contributed by atoms with Gasteiger partial charge < -0.3 is 4.80 Å². The van der Waals surface area contributed by atoms with Gasteiger partial charge in [-0.15, -0.1) is 0 Å². The minimum atomic E-state index is -0.0736. The van der Waals surface area contributed by atoms with Crippen LogP contribution in [0.4, 0.5) is 0 Å². The van der Waals surface area contributed by atoms with Crippen molar-refractivity contribution in [2.45, 2.75) is 6.92 Å². The maximum absolute atomic E-state index is 8.66. The van der Waals surface area contributed by atoms with Crippen LogP contribution in [0, 0.1) is 6.92 Å². The fourth-order valence-electron chi connectivity index (χ4n) is 0.628. The molecule has 0 saturated heterocycles. The molecule has 0 aromatic heterocycles. The lowest BCUT2D eigenvalue weighted by Gasteiger charge is -1.92. The van der Waals surface area contributed by atoms with Gasteiger partial charge >= 0.3 is 0 Å². The van der Waals surface area contributed by atoms with Gasteiger partial charge in [0, 0.05) is 0 Å². The zero-order chi connectivity index (χ0) is 6.69. The van der Waals surface area contributed by atoms with Gasteiger partial charge in [-0.05, 0) is 12.1 Å². The summed E-state index contributed by atoms with van der Waals surface area (Å²) in [6.45, 7) is 2.03. The van der Waals surface area contributed by atoms with E-state index in [4.69, 9.17) is 4.80 Å². The van der Waals surface area contributed by atoms with Crippen LogP contribution >= 0.6 is 0 Å². The lowest BCUT2D eigenvalue weighted by atomic mass is 10.2. The van der Waals surface area contributed by atoms with Crippen molar-refractivity contribution in [3.8, 4) is 0 Å². The van der Waals surface area contributed by atoms with Crippen molar-refractivity contribution in [3.05, 3.63) is 29.8 Å². The molecule has 9 heavy (non-hydrogen) atoms. The van der Waals surface area contributed by atoms with Gasteiger partial charge in [0.15, 0.2) is 0 Å². The maximum atomic E-state index is 8.66. The first kappa shape index (κ1) is 6.52. The first-order valence-electron chi connectivity index (χ1n) is 2.79. The van der Waals surface area contributed by atoms with Crippen molar-refractivity contribution >= 4 is 14.9 Å². The second-order valence-corrected chi connectivity index (χ2v) is 2.78. The summed E-state index contributed by atoms with van der Waals surface area (Å²) in [5.74, 6) is 0. The number of hydrogen-bond donors (Lipinski definition) is 1. The van der Waals surface area contributed by atoms with Crippen LogP contribution < -0.4 is 5.19 Å². The molecule has 46 valence electrons. The third-order valence-electron chi connectivity index (χ3n) is 1.18. The summed E-state index contributed by atoms with van der Waals surface area (Å²) in [5, 5.41) is 1.00. The summed E-state index contributed by atoms with van der Waals surface area (Å²) < 4.78 is 0. The number of rotatable bonds is 1. The molecule has 0 aliphatic carbocycles. The fraction of sp³-hybridized carbons (Fsp3) is 0.143. The van der Waals surface area contributed by atoms with Crippen LogP contribution in [-0.4, -0.2) is 14.6 Å².